The Balaban J connectivity index is 1.84. The van der Waals surface area contributed by atoms with E-state index in [1.54, 1.807) is 4.90 Å². The number of carboxylic acid groups (broad SMARTS) is 1. The van der Waals surface area contributed by atoms with Gasteiger partial charge in [0.05, 0.1) is 18.8 Å². The number of hydrogen-bond acceptors (Lipinski definition) is 4. The third-order valence-electron chi connectivity index (χ3n) is 4.13. The van der Waals surface area contributed by atoms with Gasteiger partial charge in [-0.2, -0.15) is 0 Å². The highest BCUT2D eigenvalue weighted by Crippen LogP contribution is 2.27. The van der Waals surface area contributed by atoms with Crippen LogP contribution in [0.25, 0.3) is 0 Å². The van der Waals surface area contributed by atoms with Gasteiger partial charge in [0.2, 0.25) is 0 Å². The molecule has 0 saturated carbocycles. The Morgan fingerprint density at radius 3 is 2.50 bits per heavy atom. The molecule has 6 nitrogen and oxygen atoms in total. The van der Waals surface area contributed by atoms with E-state index in [0.717, 1.165) is 12.2 Å². The van der Waals surface area contributed by atoms with E-state index in [4.69, 9.17) is 14.3 Å². The van der Waals surface area contributed by atoms with Crippen molar-refractivity contribution in [3.8, 4) is 0 Å². The Kier molecular flexibility index (Phi) is 4.66. The molecule has 1 unspecified atom stereocenters. The van der Waals surface area contributed by atoms with Gasteiger partial charge < -0.3 is 19.2 Å². The molecule has 126 valence electrons. The number of aromatic carboxylic acids is 1. The number of carbonyl (C=O) groups is 2. The van der Waals surface area contributed by atoms with Crippen molar-refractivity contribution in [1.29, 1.82) is 0 Å². The predicted octanol–water partition coefficient (Wildman–Crippen LogP) is 2.75. The molecule has 0 bridgehead atoms. The average Bonchev–Trinajstić information content (AvgIpc) is 3.10. The maximum atomic E-state index is 12.8. The zero-order chi connectivity index (χ0) is 17.1. The van der Waals surface area contributed by atoms with E-state index >= 15 is 0 Å². The molecule has 1 atom stereocenters. The zero-order valence-electron chi connectivity index (χ0n) is 13.4. The van der Waals surface area contributed by atoms with Gasteiger partial charge in [-0.25, -0.2) is 4.79 Å². The molecular weight excluding hydrogens is 310 g/mol. The fourth-order valence-electron chi connectivity index (χ4n) is 2.77. The first kappa shape index (κ1) is 16.3. The second-order valence-corrected chi connectivity index (χ2v) is 5.63. The van der Waals surface area contributed by atoms with Crippen molar-refractivity contribution in [3.63, 3.8) is 0 Å². The number of benzene rings is 1. The number of amides is 1. The Morgan fingerprint density at radius 2 is 1.88 bits per heavy atom. The second kappa shape index (κ2) is 6.88. The lowest BCUT2D eigenvalue weighted by atomic mass is 10.1. The van der Waals surface area contributed by atoms with E-state index in [9.17, 15) is 9.59 Å². The highest BCUT2D eigenvalue weighted by Gasteiger charge is 2.31. The summed E-state index contributed by atoms with van der Waals surface area (Å²) in [5.74, 6) is 0.409. The molecule has 1 fully saturated rings. The Hall–Kier alpha value is -2.60. The molecule has 6 heteroatoms. The van der Waals surface area contributed by atoms with Gasteiger partial charge in [0.15, 0.2) is 0 Å². The molecule has 1 amide bonds. The van der Waals surface area contributed by atoms with Crippen LogP contribution in [0.4, 0.5) is 0 Å². The number of nitrogens with zero attached hydrogens (tertiary/aromatic N) is 1. The Morgan fingerprint density at radius 1 is 1.17 bits per heavy atom. The van der Waals surface area contributed by atoms with Crippen LogP contribution in [-0.4, -0.2) is 41.6 Å². The lowest BCUT2D eigenvalue weighted by molar-refractivity contribution is -0.00901. The Labute approximate surface area is 139 Å². The van der Waals surface area contributed by atoms with Gasteiger partial charge in [-0.05, 0) is 36.4 Å². The summed E-state index contributed by atoms with van der Waals surface area (Å²) in [4.78, 5) is 25.5. The molecule has 0 spiro atoms. The number of carbonyl (C=O) groups excluding carboxylic acids is 1. The lowest BCUT2D eigenvalue weighted by Crippen LogP contribution is -2.43. The monoisotopic (exact) mass is 329 g/mol. The number of furan rings is 1. The van der Waals surface area contributed by atoms with Crippen LogP contribution in [0, 0.1) is 0 Å². The van der Waals surface area contributed by atoms with Crippen molar-refractivity contribution in [1.82, 2.24) is 4.90 Å². The molecule has 3 rings (SSSR count). The minimum Gasteiger partial charge on any atom is -0.478 e. The van der Waals surface area contributed by atoms with Gasteiger partial charge >= 0.3 is 5.97 Å². The second-order valence-electron chi connectivity index (χ2n) is 5.63. The fourth-order valence-corrected chi connectivity index (χ4v) is 2.77. The van der Waals surface area contributed by atoms with Gasteiger partial charge in [0, 0.05) is 18.5 Å². The summed E-state index contributed by atoms with van der Waals surface area (Å²) in [7, 11) is 0. The minimum absolute atomic E-state index is 0.156. The lowest BCUT2D eigenvalue weighted by Gasteiger charge is -2.34. The van der Waals surface area contributed by atoms with Crippen molar-refractivity contribution < 1.29 is 23.8 Å². The first-order valence-corrected chi connectivity index (χ1v) is 7.91. The summed E-state index contributed by atoms with van der Waals surface area (Å²) in [6.07, 6.45) is 0.790. The first-order chi connectivity index (χ1) is 11.6. The molecule has 1 N–H and O–H groups in total. The third-order valence-corrected chi connectivity index (χ3v) is 4.13. The largest absolute Gasteiger partial charge is 0.478 e. The maximum Gasteiger partial charge on any atom is 0.335 e. The highest BCUT2D eigenvalue weighted by atomic mass is 16.5. The molecule has 1 aliphatic rings. The number of carboxylic acids is 1. The average molecular weight is 329 g/mol. The molecule has 0 radical (unpaired) electrons. The summed E-state index contributed by atoms with van der Waals surface area (Å²) in [5.41, 5.74) is 0.609. The number of ether oxygens (including phenoxy) is 1. The standard InChI is InChI=1S/C18H19NO5/c1-2-14-7-8-16(24-14)15-11-23-10-9-19(15)17(20)12-3-5-13(6-4-12)18(21)22/h3-8,15H,2,9-11H2,1H3,(H,21,22). The summed E-state index contributed by atoms with van der Waals surface area (Å²) in [6.45, 7) is 3.33. The SMILES string of the molecule is CCc1ccc(C2COCCN2C(=O)c2ccc(C(=O)O)cc2)o1. The topological polar surface area (TPSA) is 80.0 Å². The number of aryl methyl sites for hydroxylation is 1. The van der Waals surface area contributed by atoms with Crippen LogP contribution in [0.5, 0.6) is 0 Å². The van der Waals surface area contributed by atoms with Crippen LogP contribution in [0.3, 0.4) is 0 Å². The van der Waals surface area contributed by atoms with Crippen molar-refractivity contribution in [2.45, 2.75) is 19.4 Å². The van der Waals surface area contributed by atoms with Crippen LogP contribution in [0.1, 0.15) is 45.2 Å². The van der Waals surface area contributed by atoms with Gasteiger partial charge in [-0.3, -0.25) is 4.79 Å². The fraction of sp³-hybridized carbons (Fsp3) is 0.333. The maximum absolute atomic E-state index is 12.8. The first-order valence-electron chi connectivity index (χ1n) is 7.91. The zero-order valence-corrected chi connectivity index (χ0v) is 13.4. The van der Waals surface area contributed by atoms with E-state index in [2.05, 4.69) is 0 Å². The molecule has 1 aliphatic heterocycles. The van der Waals surface area contributed by atoms with Gasteiger partial charge in [-0.1, -0.05) is 6.92 Å². The normalized spacial score (nSPS) is 17.7. The third kappa shape index (κ3) is 3.19. The van der Waals surface area contributed by atoms with Crippen molar-refractivity contribution in [2.24, 2.45) is 0 Å². The van der Waals surface area contributed by atoms with Crippen LogP contribution < -0.4 is 0 Å². The van der Waals surface area contributed by atoms with E-state index in [0.29, 0.717) is 31.1 Å². The van der Waals surface area contributed by atoms with E-state index in [-0.39, 0.29) is 17.5 Å². The summed E-state index contributed by atoms with van der Waals surface area (Å²) in [6, 6.07) is 9.47. The van der Waals surface area contributed by atoms with Crippen LogP contribution in [0.15, 0.2) is 40.8 Å². The number of hydrogen-bond donors (Lipinski definition) is 1. The molecular formula is C18H19NO5. The minimum atomic E-state index is -1.01. The molecule has 2 heterocycles. The molecule has 2 aromatic rings. The molecule has 0 aliphatic carbocycles. The molecule has 24 heavy (non-hydrogen) atoms. The van der Waals surface area contributed by atoms with Crippen LogP contribution in [0.2, 0.25) is 0 Å². The quantitative estimate of drug-likeness (QED) is 0.933. The van der Waals surface area contributed by atoms with Crippen LogP contribution >= 0.6 is 0 Å². The van der Waals surface area contributed by atoms with Gasteiger partial charge in [-0.15, -0.1) is 0 Å². The van der Waals surface area contributed by atoms with E-state index in [1.165, 1.54) is 24.3 Å². The molecule has 1 saturated heterocycles. The van der Waals surface area contributed by atoms with E-state index < -0.39 is 5.97 Å². The van der Waals surface area contributed by atoms with Crippen LogP contribution in [-0.2, 0) is 11.2 Å². The summed E-state index contributed by atoms with van der Waals surface area (Å²) < 4.78 is 11.3. The smallest absolute Gasteiger partial charge is 0.335 e. The summed E-state index contributed by atoms with van der Waals surface area (Å²) in [5, 5.41) is 8.96. The van der Waals surface area contributed by atoms with Crippen molar-refractivity contribution >= 4 is 11.9 Å². The van der Waals surface area contributed by atoms with E-state index in [1.807, 2.05) is 19.1 Å². The predicted molar refractivity (Wildman–Crippen MR) is 86.1 cm³/mol. The number of morpholine rings is 1. The number of rotatable bonds is 4. The van der Waals surface area contributed by atoms with Gasteiger partial charge in [0.25, 0.3) is 5.91 Å². The van der Waals surface area contributed by atoms with Crippen molar-refractivity contribution in [3.05, 3.63) is 59.0 Å². The highest BCUT2D eigenvalue weighted by molar-refractivity contribution is 5.96. The Bertz CT molecular complexity index is 734. The molecule has 1 aromatic heterocycles. The van der Waals surface area contributed by atoms with Crippen molar-refractivity contribution in [2.75, 3.05) is 19.8 Å². The molecule has 1 aromatic carbocycles. The van der Waals surface area contributed by atoms with Gasteiger partial charge in [0.1, 0.15) is 17.6 Å². The summed E-state index contributed by atoms with van der Waals surface area (Å²) >= 11 is 0.